The normalized spacial score (nSPS) is 12.0. The number of carbonyl (C=O) groups is 2. The smallest absolute Gasteiger partial charge is 0.320 e. The number of anilines is 2. The molecule has 0 spiro atoms. The zero-order chi connectivity index (χ0) is 21.2. The molecule has 0 radical (unpaired) electrons. The highest BCUT2D eigenvalue weighted by Crippen LogP contribution is 2.16. The highest BCUT2D eigenvalue weighted by molar-refractivity contribution is 7.85. The largest absolute Gasteiger partial charge is 0.323 e. The minimum absolute atomic E-state index is 0.137. The minimum Gasteiger partial charge on any atom is -0.320 e. The van der Waals surface area contributed by atoms with Gasteiger partial charge in [0.2, 0.25) is 0 Å². The zero-order valence-electron chi connectivity index (χ0n) is 14.9. The third-order valence-electron chi connectivity index (χ3n) is 3.75. The van der Waals surface area contributed by atoms with E-state index in [4.69, 9.17) is 4.55 Å². The van der Waals surface area contributed by atoms with Crippen LogP contribution >= 0.6 is 0 Å². The van der Waals surface area contributed by atoms with Gasteiger partial charge in [0.15, 0.2) is 11.5 Å². The van der Waals surface area contributed by atoms with Crippen LogP contribution < -0.4 is 16.4 Å². The van der Waals surface area contributed by atoms with Crippen LogP contribution in [0.5, 0.6) is 0 Å². The van der Waals surface area contributed by atoms with Crippen molar-refractivity contribution < 1.29 is 22.6 Å². The number of nitrogens with one attached hydrogen (secondary N) is 4. The van der Waals surface area contributed by atoms with E-state index in [-0.39, 0.29) is 10.6 Å². The molecule has 1 heterocycles. The number of nitrogens with zero attached hydrogens (tertiary/aromatic N) is 1. The van der Waals surface area contributed by atoms with Gasteiger partial charge in [-0.3, -0.25) is 19.6 Å². The highest BCUT2D eigenvalue weighted by Gasteiger charge is 2.18. The van der Waals surface area contributed by atoms with Crippen molar-refractivity contribution in [3.63, 3.8) is 0 Å². The molecule has 0 bridgehead atoms. The lowest BCUT2D eigenvalue weighted by molar-refractivity contribution is -0.114. The predicted octanol–water partition coefficient (Wildman–Crippen LogP) is 1.10. The Labute approximate surface area is 163 Å². The molecule has 5 N–H and O–H groups in total. The van der Waals surface area contributed by atoms with Crippen LogP contribution in [-0.2, 0) is 19.7 Å². The number of amides is 1. The molecule has 0 fully saturated rings. The maximum Gasteiger partial charge on any atom is 0.323 e. The molecule has 2 aromatic carbocycles. The van der Waals surface area contributed by atoms with Gasteiger partial charge in [-0.05, 0) is 36.4 Å². The average Bonchev–Trinajstić information content (AvgIpc) is 3.00. The van der Waals surface area contributed by atoms with E-state index in [1.165, 1.54) is 30.3 Å². The zero-order valence-corrected chi connectivity index (χ0v) is 15.7. The number of benzene rings is 2. The second-order valence-electron chi connectivity index (χ2n) is 5.92. The summed E-state index contributed by atoms with van der Waals surface area (Å²) in [4.78, 5) is 40.3. The summed E-state index contributed by atoms with van der Waals surface area (Å²) in [5.74, 6) is -1.45. The summed E-state index contributed by atoms with van der Waals surface area (Å²) in [6.07, 6.45) is 0. The Morgan fingerprint density at radius 2 is 1.76 bits per heavy atom. The van der Waals surface area contributed by atoms with Gasteiger partial charge in [-0.15, -0.1) is 0 Å². The van der Waals surface area contributed by atoms with Crippen molar-refractivity contribution in [2.45, 2.75) is 11.8 Å². The molecule has 3 rings (SSSR count). The summed E-state index contributed by atoms with van der Waals surface area (Å²) in [6, 6.07) is 9.66. The maximum atomic E-state index is 12.4. The number of H-pyrrole nitrogens is 2. The fraction of sp³-hybridized carbons (Fsp3) is 0.0588. The minimum atomic E-state index is -4.42. The quantitative estimate of drug-likeness (QED) is 0.173. The third-order valence-corrected chi connectivity index (χ3v) is 4.60. The van der Waals surface area contributed by atoms with E-state index >= 15 is 0 Å². The number of hydrogen-bond donors (Lipinski definition) is 5. The number of aromatic nitrogens is 2. The molecular formula is C17H15N5O6S. The number of hydrazone groups is 1. The molecule has 0 atom stereocenters. The Morgan fingerprint density at radius 1 is 1.03 bits per heavy atom. The van der Waals surface area contributed by atoms with Gasteiger partial charge in [0.05, 0.1) is 21.6 Å². The summed E-state index contributed by atoms with van der Waals surface area (Å²) < 4.78 is 31.4. The van der Waals surface area contributed by atoms with Crippen molar-refractivity contribution >= 4 is 49.9 Å². The molecule has 11 nitrogen and oxygen atoms in total. The van der Waals surface area contributed by atoms with Crippen LogP contribution in [0.3, 0.4) is 0 Å². The van der Waals surface area contributed by atoms with E-state index in [1.807, 2.05) is 0 Å². The van der Waals surface area contributed by atoms with Crippen molar-refractivity contribution in [1.29, 1.82) is 0 Å². The molecule has 0 saturated carbocycles. The fourth-order valence-electron chi connectivity index (χ4n) is 2.44. The van der Waals surface area contributed by atoms with Gasteiger partial charge in [-0.2, -0.15) is 13.5 Å². The van der Waals surface area contributed by atoms with Gasteiger partial charge in [0.25, 0.3) is 16.0 Å². The number of rotatable bonds is 6. The first-order chi connectivity index (χ1) is 13.6. The van der Waals surface area contributed by atoms with Gasteiger partial charge in [-0.1, -0.05) is 6.07 Å². The number of carbonyl (C=O) groups excluding carboxylic acids is 2. The Bertz CT molecular complexity index is 1310. The summed E-state index contributed by atoms with van der Waals surface area (Å²) in [5.41, 5.74) is 3.02. The van der Waals surface area contributed by atoms with E-state index in [2.05, 4.69) is 25.8 Å². The van der Waals surface area contributed by atoms with Crippen molar-refractivity contribution in [3.8, 4) is 0 Å². The number of ketones is 1. The number of imidazole rings is 1. The average molecular weight is 417 g/mol. The lowest BCUT2D eigenvalue weighted by Crippen LogP contribution is -2.29. The molecule has 12 heteroatoms. The third kappa shape index (κ3) is 4.75. The van der Waals surface area contributed by atoms with Crippen LogP contribution in [0.25, 0.3) is 11.0 Å². The van der Waals surface area contributed by atoms with Gasteiger partial charge >= 0.3 is 5.69 Å². The Morgan fingerprint density at radius 3 is 2.45 bits per heavy atom. The Balaban J connectivity index is 1.82. The van der Waals surface area contributed by atoms with Crippen molar-refractivity contribution in [3.05, 3.63) is 52.9 Å². The lowest BCUT2D eigenvalue weighted by atomic mass is 10.2. The first-order valence-electron chi connectivity index (χ1n) is 8.09. The second-order valence-corrected chi connectivity index (χ2v) is 7.35. The molecule has 1 aromatic heterocycles. The second kappa shape index (κ2) is 7.69. The van der Waals surface area contributed by atoms with Crippen LogP contribution in [0.1, 0.15) is 6.92 Å². The molecule has 29 heavy (non-hydrogen) atoms. The first kappa shape index (κ1) is 20.0. The van der Waals surface area contributed by atoms with E-state index in [9.17, 15) is 22.8 Å². The Hall–Kier alpha value is -3.77. The first-order valence-corrected chi connectivity index (χ1v) is 9.53. The summed E-state index contributed by atoms with van der Waals surface area (Å²) >= 11 is 0. The number of hydrogen-bond acceptors (Lipinski definition) is 7. The maximum absolute atomic E-state index is 12.4. The number of fused-ring (bicyclic) bond motifs is 1. The molecule has 0 saturated heterocycles. The van der Waals surface area contributed by atoms with E-state index in [0.29, 0.717) is 16.7 Å². The number of aromatic amines is 2. The molecule has 0 aliphatic carbocycles. The number of Topliss-reactive ketones (excluding diaryl/α,β-unsaturated/α-hetero) is 1. The van der Waals surface area contributed by atoms with Crippen molar-refractivity contribution in [2.75, 3.05) is 10.7 Å². The van der Waals surface area contributed by atoms with Gasteiger partial charge in [-0.25, -0.2) is 4.79 Å². The Kier molecular flexibility index (Phi) is 5.30. The highest BCUT2D eigenvalue weighted by atomic mass is 32.2. The molecule has 0 aliphatic heterocycles. The van der Waals surface area contributed by atoms with Crippen LogP contribution in [0.15, 0.2) is 57.3 Å². The predicted molar refractivity (Wildman–Crippen MR) is 106 cm³/mol. The molecule has 0 unspecified atom stereocenters. The lowest BCUT2D eigenvalue weighted by Gasteiger charge is -2.07. The molecule has 0 aliphatic rings. The summed E-state index contributed by atoms with van der Waals surface area (Å²) in [7, 11) is -4.42. The summed E-state index contributed by atoms with van der Waals surface area (Å²) in [6.45, 7) is 1.14. The van der Waals surface area contributed by atoms with Gasteiger partial charge in [0, 0.05) is 12.6 Å². The van der Waals surface area contributed by atoms with E-state index in [0.717, 1.165) is 13.0 Å². The fourth-order valence-corrected chi connectivity index (χ4v) is 2.96. The molecular weight excluding hydrogens is 402 g/mol. The topological polar surface area (TPSA) is 174 Å². The monoisotopic (exact) mass is 417 g/mol. The van der Waals surface area contributed by atoms with Crippen molar-refractivity contribution in [1.82, 2.24) is 9.97 Å². The van der Waals surface area contributed by atoms with E-state index in [1.54, 1.807) is 6.07 Å². The van der Waals surface area contributed by atoms with Crippen LogP contribution in [0, 0.1) is 0 Å². The molecule has 150 valence electrons. The molecule has 3 aromatic rings. The standard InChI is InChI=1S/C17H15N5O6S/c1-9(23)15(22-21-11-3-2-4-12(7-11)29(26,27)28)16(24)18-10-5-6-13-14(8-10)20-17(25)19-13/h2-8,21H,1H3,(H,18,24)(H2,19,20,25)(H,26,27,28)/b22-15-. The van der Waals surface area contributed by atoms with Crippen LogP contribution in [0.2, 0.25) is 0 Å². The molecule has 1 amide bonds. The van der Waals surface area contributed by atoms with Crippen LogP contribution in [-0.4, -0.2) is 40.3 Å². The van der Waals surface area contributed by atoms with Crippen LogP contribution in [0.4, 0.5) is 11.4 Å². The van der Waals surface area contributed by atoms with Gasteiger partial charge < -0.3 is 15.3 Å². The SMILES string of the molecule is CC(=O)/C(=N/Nc1cccc(S(=O)(=O)O)c1)C(=O)Nc1ccc2[nH]c(=O)[nH]c2c1. The summed E-state index contributed by atoms with van der Waals surface area (Å²) in [5, 5.41) is 6.24. The van der Waals surface area contributed by atoms with E-state index < -0.39 is 33.2 Å². The van der Waals surface area contributed by atoms with Crippen molar-refractivity contribution in [2.24, 2.45) is 5.10 Å². The van der Waals surface area contributed by atoms with Gasteiger partial charge in [0.1, 0.15) is 0 Å².